The molecule has 0 bridgehead atoms. The molecule has 0 unspecified atom stereocenters. The van der Waals surface area contributed by atoms with Gasteiger partial charge in [0.2, 0.25) is 0 Å². The summed E-state index contributed by atoms with van der Waals surface area (Å²) < 4.78 is 5.70. The first-order valence-corrected chi connectivity index (χ1v) is 5.05. The van der Waals surface area contributed by atoms with Crippen LogP contribution < -0.4 is 10.1 Å². The van der Waals surface area contributed by atoms with Gasteiger partial charge in [-0.15, -0.1) is 0 Å². The van der Waals surface area contributed by atoms with Crippen molar-refractivity contribution in [1.82, 2.24) is 15.3 Å². The van der Waals surface area contributed by atoms with Gasteiger partial charge in [0.25, 0.3) is 0 Å². The Kier molecular flexibility index (Phi) is 3.46. The van der Waals surface area contributed by atoms with Crippen molar-refractivity contribution in [3.05, 3.63) is 48.5 Å². The molecule has 2 aromatic heterocycles. The van der Waals surface area contributed by atoms with E-state index in [2.05, 4.69) is 15.3 Å². The van der Waals surface area contributed by atoms with E-state index in [0.29, 0.717) is 5.75 Å². The highest BCUT2D eigenvalue weighted by molar-refractivity contribution is 5.34. The zero-order valence-corrected chi connectivity index (χ0v) is 9.05. The molecule has 2 aromatic rings. The minimum Gasteiger partial charge on any atom is -0.454 e. The van der Waals surface area contributed by atoms with Gasteiger partial charge < -0.3 is 10.1 Å². The van der Waals surface area contributed by atoms with Crippen LogP contribution >= 0.6 is 0 Å². The average Bonchev–Trinajstić information content (AvgIpc) is 2.33. The van der Waals surface area contributed by atoms with Crippen molar-refractivity contribution in [1.29, 1.82) is 0 Å². The van der Waals surface area contributed by atoms with Gasteiger partial charge in [-0.25, -0.2) is 0 Å². The van der Waals surface area contributed by atoms with Crippen LogP contribution in [0.4, 0.5) is 0 Å². The summed E-state index contributed by atoms with van der Waals surface area (Å²) in [5.41, 5.74) is 1.07. The van der Waals surface area contributed by atoms with Crippen LogP contribution in [0.3, 0.4) is 0 Å². The van der Waals surface area contributed by atoms with Gasteiger partial charge in [-0.3, -0.25) is 9.97 Å². The van der Waals surface area contributed by atoms with Gasteiger partial charge >= 0.3 is 0 Å². The molecule has 1 N–H and O–H groups in total. The molecule has 0 saturated heterocycles. The van der Waals surface area contributed by atoms with Gasteiger partial charge in [0.1, 0.15) is 11.5 Å². The molecule has 2 heterocycles. The van der Waals surface area contributed by atoms with E-state index >= 15 is 0 Å². The summed E-state index contributed by atoms with van der Waals surface area (Å²) >= 11 is 0. The number of nitrogens with one attached hydrogen (secondary N) is 1. The van der Waals surface area contributed by atoms with E-state index in [1.165, 1.54) is 0 Å². The minimum atomic E-state index is 0.716. The van der Waals surface area contributed by atoms with E-state index in [-0.39, 0.29) is 0 Å². The average molecular weight is 215 g/mol. The third kappa shape index (κ3) is 2.55. The van der Waals surface area contributed by atoms with Crippen molar-refractivity contribution in [2.75, 3.05) is 7.05 Å². The number of ether oxygens (including phenoxy) is 1. The maximum atomic E-state index is 5.70. The SMILES string of the molecule is CNCc1ccncc1Oc1cccnc1. The van der Waals surface area contributed by atoms with Crippen molar-refractivity contribution in [3.63, 3.8) is 0 Å². The smallest absolute Gasteiger partial charge is 0.150 e. The van der Waals surface area contributed by atoms with Gasteiger partial charge in [0.05, 0.1) is 12.4 Å². The fourth-order valence-electron chi connectivity index (χ4n) is 1.37. The summed E-state index contributed by atoms with van der Waals surface area (Å²) in [4.78, 5) is 8.05. The lowest BCUT2D eigenvalue weighted by molar-refractivity contribution is 0.469. The van der Waals surface area contributed by atoms with E-state index in [1.807, 2.05) is 25.2 Å². The van der Waals surface area contributed by atoms with Crippen LogP contribution in [0, 0.1) is 0 Å². The van der Waals surface area contributed by atoms with Crippen molar-refractivity contribution >= 4 is 0 Å². The van der Waals surface area contributed by atoms with E-state index in [1.54, 1.807) is 24.8 Å². The molecule has 16 heavy (non-hydrogen) atoms. The maximum Gasteiger partial charge on any atom is 0.150 e. The van der Waals surface area contributed by atoms with Crippen LogP contribution in [0.15, 0.2) is 43.0 Å². The molecule has 0 aliphatic heterocycles. The number of nitrogens with zero attached hydrogens (tertiary/aromatic N) is 2. The molecule has 0 aliphatic carbocycles. The van der Waals surface area contributed by atoms with E-state index in [9.17, 15) is 0 Å². The molecular formula is C12H13N3O. The monoisotopic (exact) mass is 215 g/mol. The van der Waals surface area contributed by atoms with Crippen molar-refractivity contribution in [2.24, 2.45) is 0 Å². The topological polar surface area (TPSA) is 47.0 Å². The number of pyridine rings is 2. The zero-order valence-electron chi connectivity index (χ0n) is 9.05. The Balaban J connectivity index is 2.21. The fraction of sp³-hybridized carbons (Fsp3) is 0.167. The molecule has 0 amide bonds. The van der Waals surface area contributed by atoms with Crippen molar-refractivity contribution in [2.45, 2.75) is 6.54 Å². The molecule has 4 heteroatoms. The van der Waals surface area contributed by atoms with Crippen LogP contribution in [0.5, 0.6) is 11.5 Å². The lowest BCUT2D eigenvalue weighted by Crippen LogP contribution is -2.06. The third-order valence-electron chi connectivity index (χ3n) is 2.10. The number of aromatic nitrogens is 2. The molecule has 0 radical (unpaired) electrons. The first-order chi connectivity index (χ1) is 7.90. The van der Waals surface area contributed by atoms with Gasteiger partial charge in [-0.1, -0.05) is 0 Å². The Labute approximate surface area is 94.3 Å². The summed E-state index contributed by atoms with van der Waals surface area (Å²) in [7, 11) is 1.90. The van der Waals surface area contributed by atoms with E-state index in [4.69, 9.17) is 4.74 Å². The number of rotatable bonds is 4. The molecular weight excluding hydrogens is 202 g/mol. The van der Waals surface area contributed by atoms with E-state index < -0.39 is 0 Å². The first-order valence-electron chi connectivity index (χ1n) is 5.05. The Morgan fingerprint density at radius 2 is 2.06 bits per heavy atom. The van der Waals surface area contributed by atoms with Crippen LogP contribution in [0.25, 0.3) is 0 Å². The second-order valence-corrected chi connectivity index (χ2v) is 3.30. The summed E-state index contributed by atoms with van der Waals surface area (Å²) in [6.07, 6.45) is 6.85. The Morgan fingerprint density at radius 1 is 1.19 bits per heavy atom. The molecule has 0 saturated carbocycles. The highest BCUT2D eigenvalue weighted by Crippen LogP contribution is 2.23. The standard InChI is InChI=1S/C12H13N3O/c1-13-7-10-4-6-15-9-12(10)16-11-3-2-5-14-8-11/h2-6,8-9,13H,7H2,1H3. The Hall–Kier alpha value is -1.94. The van der Waals surface area contributed by atoms with Crippen LogP contribution in [-0.4, -0.2) is 17.0 Å². The molecule has 2 rings (SSSR count). The largest absolute Gasteiger partial charge is 0.454 e. The predicted molar refractivity (Wildman–Crippen MR) is 61.3 cm³/mol. The van der Waals surface area contributed by atoms with Crippen molar-refractivity contribution in [3.8, 4) is 11.5 Å². The lowest BCUT2D eigenvalue weighted by Gasteiger charge is -2.09. The Bertz CT molecular complexity index is 445. The molecule has 82 valence electrons. The lowest BCUT2D eigenvalue weighted by atomic mass is 10.2. The number of hydrogen-bond acceptors (Lipinski definition) is 4. The van der Waals surface area contributed by atoms with Gasteiger partial charge in [-0.2, -0.15) is 0 Å². The summed E-state index contributed by atoms with van der Waals surface area (Å²) in [6.45, 7) is 0.748. The van der Waals surface area contributed by atoms with Gasteiger partial charge in [0.15, 0.2) is 0 Å². The normalized spacial score (nSPS) is 10.1. The quantitative estimate of drug-likeness (QED) is 0.847. The van der Waals surface area contributed by atoms with Crippen molar-refractivity contribution < 1.29 is 4.74 Å². The fourth-order valence-corrected chi connectivity index (χ4v) is 1.37. The first kappa shape index (κ1) is 10.6. The molecule has 0 aromatic carbocycles. The zero-order chi connectivity index (χ0) is 11.2. The third-order valence-corrected chi connectivity index (χ3v) is 2.10. The molecule has 4 nitrogen and oxygen atoms in total. The molecule has 0 fully saturated rings. The second-order valence-electron chi connectivity index (χ2n) is 3.30. The highest BCUT2D eigenvalue weighted by atomic mass is 16.5. The minimum absolute atomic E-state index is 0.716. The highest BCUT2D eigenvalue weighted by Gasteiger charge is 2.03. The molecule has 0 atom stereocenters. The Morgan fingerprint density at radius 3 is 2.81 bits per heavy atom. The van der Waals surface area contributed by atoms with E-state index in [0.717, 1.165) is 17.9 Å². The molecule has 0 spiro atoms. The predicted octanol–water partition coefficient (Wildman–Crippen LogP) is 1.99. The van der Waals surface area contributed by atoms with Crippen LogP contribution in [0.1, 0.15) is 5.56 Å². The van der Waals surface area contributed by atoms with Crippen LogP contribution in [0.2, 0.25) is 0 Å². The summed E-state index contributed by atoms with van der Waals surface area (Å²) in [5, 5.41) is 3.09. The summed E-state index contributed by atoms with van der Waals surface area (Å²) in [6, 6.07) is 5.63. The molecule has 0 aliphatic rings. The van der Waals surface area contributed by atoms with Crippen LogP contribution in [-0.2, 0) is 6.54 Å². The summed E-state index contributed by atoms with van der Waals surface area (Å²) in [5.74, 6) is 1.47. The second kappa shape index (κ2) is 5.23. The maximum absolute atomic E-state index is 5.70. The number of hydrogen-bond donors (Lipinski definition) is 1. The van der Waals surface area contributed by atoms with Gasteiger partial charge in [-0.05, 0) is 25.2 Å². The van der Waals surface area contributed by atoms with Gasteiger partial charge in [0, 0.05) is 24.5 Å².